The fourth-order valence-electron chi connectivity index (χ4n) is 1.09. The van der Waals surface area contributed by atoms with Gasteiger partial charge in [-0.1, -0.05) is 6.58 Å². The van der Waals surface area contributed by atoms with Gasteiger partial charge in [0.1, 0.15) is 12.2 Å². The molecule has 0 atom stereocenters. The highest BCUT2D eigenvalue weighted by atomic mass is 16.5. The summed E-state index contributed by atoms with van der Waals surface area (Å²) in [5.74, 6) is 5.89. The van der Waals surface area contributed by atoms with Crippen LogP contribution in [-0.4, -0.2) is 49.6 Å². The highest BCUT2D eigenvalue weighted by Crippen LogP contribution is 2.05. The Labute approximate surface area is 84.0 Å². The number of nitrogens with zero attached hydrogens (tertiary/aromatic N) is 3. The molecule has 14 heavy (non-hydrogen) atoms. The summed E-state index contributed by atoms with van der Waals surface area (Å²) in [6.07, 6.45) is 1.58. The van der Waals surface area contributed by atoms with Crippen molar-refractivity contribution < 1.29 is 4.74 Å². The summed E-state index contributed by atoms with van der Waals surface area (Å²) >= 11 is 0. The molecule has 0 bridgehead atoms. The van der Waals surface area contributed by atoms with Gasteiger partial charge in [0.25, 0.3) is 0 Å². The first-order valence-electron chi connectivity index (χ1n) is 4.49. The highest BCUT2D eigenvalue weighted by Gasteiger charge is 2.10. The predicted molar refractivity (Wildman–Crippen MR) is 55.1 cm³/mol. The maximum absolute atomic E-state index is 5.22. The molecule has 1 fully saturated rings. The zero-order valence-electron chi connectivity index (χ0n) is 8.44. The van der Waals surface area contributed by atoms with Crippen molar-refractivity contribution in [2.24, 2.45) is 10.8 Å². The topological polar surface area (TPSA) is 66.1 Å². The third-order valence-corrected chi connectivity index (χ3v) is 1.96. The molecule has 0 unspecified atom stereocenters. The van der Waals surface area contributed by atoms with E-state index in [1.807, 2.05) is 0 Å². The lowest BCUT2D eigenvalue weighted by atomic mass is 10.4. The Balaban J connectivity index is 2.36. The van der Waals surface area contributed by atoms with Crippen LogP contribution in [0.25, 0.3) is 0 Å². The Morgan fingerprint density at radius 3 is 2.86 bits per heavy atom. The first kappa shape index (κ1) is 11.0. The monoisotopic (exact) mass is 199 g/mol. The number of aliphatic imine (C=N–C) groups is 1. The Morgan fingerprint density at radius 1 is 1.64 bits per heavy atom. The van der Waals surface area contributed by atoms with E-state index in [1.165, 1.54) is 0 Å². The van der Waals surface area contributed by atoms with Gasteiger partial charge >= 0.3 is 0 Å². The first-order valence-corrected chi connectivity index (χ1v) is 4.49. The predicted octanol–water partition coefficient (Wildman–Crippen LogP) is -0.872. The Bertz CT molecular complexity index is 212. The molecule has 0 radical (unpaired) electrons. The molecule has 6 nitrogen and oxygen atoms in total. The molecule has 0 aromatic carbocycles. The standard InChI is InChI=1S/C8H17N5O/c1-8(10-7-12(2)11-9)13-3-5-14-6-4-13/h7,11H,1,3-6,9H2,2H3. The molecule has 80 valence electrons. The van der Waals surface area contributed by atoms with Crippen LogP contribution in [0.15, 0.2) is 17.4 Å². The van der Waals surface area contributed by atoms with Gasteiger partial charge in [0, 0.05) is 20.1 Å². The molecule has 1 aliphatic rings. The number of ether oxygens (including phenoxy) is 1. The molecule has 0 spiro atoms. The molecule has 1 heterocycles. The van der Waals surface area contributed by atoms with Crippen molar-refractivity contribution in [2.75, 3.05) is 33.4 Å². The molecule has 0 aromatic heterocycles. The van der Waals surface area contributed by atoms with Crippen LogP contribution in [0.1, 0.15) is 0 Å². The van der Waals surface area contributed by atoms with Gasteiger partial charge in [0.2, 0.25) is 0 Å². The third kappa shape index (κ3) is 3.33. The Kier molecular flexibility index (Phi) is 4.37. The molecular weight excluding hydrogens is 182 g/mol. The number of hydrogen-bond donors (Lipinski definition) is 2. The van der Waals surface area contributed by atoms with E-state index in [0.717, 1.165) is 32.1 Å². The summed E-state index contributed by atoms with van der Waals surface area (Å²) in [5.41, 5.74) is 2.42. The Morgan fingerprint density at radius 2 is 2.29 bits per heavy atom. The van der Waals surface area contributed by atoms with Gasteiger partial charge in [-0.25, -0.2) is 4.99 Å². The molecule has 0 saturated carbocycles. The lowest BCUT2D eigenvalue weighted by Crippen LogP contribution is -2.39. The van der Waals surface area contributed by atoms with Crippen molar-refractivity contribution in [3.63, 3.8) is 0 Å². The van der Waals surface area contributed by atoms with Crippen molar-refractivity contribution in [1.29, 1.82) is 0 Å². The molecular formula is C8H17N5O. The van der Waals surface area contributed by atoms with Gasteiger partial charge in [0.15, 0.2) is 0 Å². The van der Waals surface area contributed by atoms with Crippen molar-refractivity contribution in [3.05, 3.63) is 12.4 Å². The van der Waals surface area contributed by atoms with Gasteiger partial charge < -0.3 is 9.64 Å². The number of morpholine rings is 1. The summed E-state index contributed by atoms with van der Waals surface area (Å²) in [5, 5.41) is 1.55. The number of rotatable bonds is 4. The second-order valence-corrected chi connectivity index (χ2v) is 3.00. The van der Waals surface area contributed by atoms with E-state index in [0.29, 0.717) is 0 Å². The zero-order valence-corrected chi connectivity index (χ0v) is 8.44. The zero-order chi connectivity index (χ0) is 10.4. The van der Waals surface area contributed by atoms with Gasteiger partial charge in [-0.3, -0.25) is 10.9 Å². The smallest absolute Gasteiger partial charge is 0.123 e. The van der Waals surface area contributed by atoms with E-state index in [9.17, 15) is 0 Å². The van der Waals surface area contributed by atoms with E-state index in [1.54, 1.807) is 18.4 Å². The van der Waals surface area contributed by atoms with E-state index in [4.69, 9.17) is 10.6 Å². The summed E-state index contributed by atoms with van der Waals surface area (Å²) in [4.78, 5) is 6.23. The quantitative estimate of drug-likeness (QED) is 0.267. The van der Waals surface area contributed by atoms with E-state index in [-0.39, 0.29) is 0 Å². The van der Waals surface area contributed by atoms with Gasteiger partial charge in [-0.15, -0.1) is 0 Å². The van der Waals surface area contributed by atoms with Crippen LogP contribution in [0.5, 0.6) is 0 Å². The van der Waals surface area contributed by atoms with Crippen LogP contribution in [0, 0.1) is 0 Å². The van der Waals surface area contributed by atoms with Crippen molar-refractivity contribution >= 4 is 6.34 Å². The molecule has 0 aliphatic carbocycles. The summed E-state index contributed by atoms with van der Waals surface area (Å²) in [7, 11) is 1.76. The average molecular weight is 199 g/mol. The fraction of sp³-hybridized carbons (Fsp3) is 0.625. The number of nitrogens with one attached hydrogen (secondary N) is 1. The number of hydrazine groups is 2. The maximum Gasteiger partial charge on any atom is 0.123 e. The lowest BCUT2D eigenvalue weighted by molar-refractivity contribution is 0.0533. The fourth-order valence-corrected chi connectivity index (χ4v) is 1.09. The minimum absolute atomic E-state index is 0.732. The molecule has 0 aromatic rings. The average Bonchev–Trinajstić information content (AvgIpc) is 2.26. The largest absolute Gasteiger partial charge is 0.378 e. The van der Waals surface area contributed by atoms with Crippen LogP contribution in [0.3, 0.4) is 0 Å². The molecule has 1 saturated heterocycles. The van der Waals surface area contributed by atoms with Crippen LogP contribution >= 0.6 is 0 Å². The van der Waals surface area contributed by atoms with Gasteiger partial charge in [-0.2, -0.15) is 5.53 Å². The Hall–Kier alpha value is -1.11. The van der Waals surface area contributed by atoms with Gasteiger partial charge in [-0.05, 0) is 0 Å². The summed E-state index contributed by atoms with van der Waals surface area (Å²) < 4.78 is 5.22. The maximum atomic E-state index is 5.22. The third-order valence-electron chi connectivity index (χ3n) is 1.96. The molecule has 1 rings (SSSR count). The molecule has 3 N–H and O–H groups in total. The van der Waals surface area contributed by atoms with Crippen molar-refractivity contribution in [1.82, 2.24) is 15.4 Å². The van der Waals surface area contributed by atoms with Crippen LogP contribution < -0.4 is 11.4 Å². The summed E-state index contributed by atoms with van der Waals surface area (Å²) in [6, 6.07) is 0. The number of hydrogen-bond acceptors (Lipinski definition) is 5. The van der Waals surface area contributed by atoms with Crippen molar-refractivity contribution in [3.8, 4) is 0 Å². The SMILES string of the molecule is C=C(N=CN(C)NN)N1CCOCC1. The normalized spacial score (nSPS) is 17.4. The first-order chi connectivity index (χ1) is 6.74. The van der Waals surface area contributed by atoms with Gasteiger partial charge in [0.05, 0.1) is 13.2 Å². The van der Waals surface area contributed by atoms with Crippen molar-refractivity contribution in [2.45, 2.75) is 0 Å². The van der Waals surface area contributed by atoms with Crippen LogP contribution in [0.4, 0.5) is 0 Å². The minimum Gasteiger partial charge on any atom is -0.378 e. The minimum atomic E-state index is 0.732. The molecule has 6 heteroatoms. The number of nitrogens with two attached hydrogens (primary N) is 1. The van der Waals surface area contributed by atoms with Crippen LogP contribution in [-0.2, 0) is 4.74 Å². The van der Waals surface area contributed by atoms with E-state index in [2.05, 4.69) is 22.0 Å². The van der Waals surface area contributed by atoms with E-state index < -0.39 is 0 Å². The summed E-state index contributed by atoms with van der Waals surface area (Å²) in [6.45, 7) is 7.02. The van der Waals surface area contributed by atoms with E-state index >= 15 is 0 Å². The highest BCUT2D eigenvalue weighted by molar-refractivity contribution is 5.55. The second kappa shape index (κ2) is 5.58. The lowest BCUT2D eigenvalue weighted by Gasteiger charge is -2.28. The molecule has 0 amide bonds. The van der Waals surface area contributed by atoms with Crippen LogP contribution in [0.2, 0.25) is 0 Å². The molecule has 1 aliphatic heterocycles. The second-order valence-electron chi connectivity index (χ2n) is 3.00.